The first-order valence-corrected chi connectivity index (χ1v) is 6.44. The van der Waals surface area contributed by atoms with Gasteiger partial charge in [-0.25, -0.2) is 0 Å². The minimum absolute atomic E-state index is 0.0767. The minimum atomic E-state index is -0.541. The molecule has 3 rings (SSSR count). The average molecular weight is 267 g/mol. The predicted octanol–water partition coefficient (Wildman–Crippen LogP) is 1.60. The van der Waals surface area contributed by atoms with Gasteiger partial charge in [-0.2, -0.15) is 5.26 Å². The van der Waals surface area contributed by atoms with Crippen molar-refractivity contribution in [2.75, 3.05) is 19.7 Å². The molecule has 0 radical (unpaired) electrons. The minimum Gasteiger partial charge on any atom is -0.360 e. The largest absolute Gasteiger partial charge is 0.360 e. The van der Waals surface area contributed by atoms with Gasteiger partial charge < -0.3 is 9.64 Å². The number of nitriles is 1. The number of carbonyl (C=O) groups excluding carboxylic acids is 1. The van der Waals surface area contributed by atoms with Crippen LogP contribution in [0.4, 0.5) is 0 Å². The first kappa shape index (κ1) is 12.6. The molecular formula is C15H13N3O2. The summed E-state index contributed by atoms with van der Waals surface area (Å²) in [5, 5.41) is 9.74. The molecule has 1 aromatic carbocycles. The summed E-state index contributed by atoms with van der Waals surface area (Å²) in [7, 11) is 0. The molecule has 1 fully saturated rings. The lowest BCUT2D eigenvalue weighted by Gasteiger charge is -2.30. The fourth-order valence-corrected chi connectivity index (χ4v) is 2.37. The number of rotatable bonds is 1. The molecule has 0 saturated carbocycles. The Bertz CT molecular complexity index is 688. The normalized spacial score (nSPS) is 18.8. The van der Waals surface area contributed by atoms with E-state index in [1.807, 2.05) is 30.3 Å². The molecule has 5 heteroatoms. The van der Waals surface area contributed by atoms with Crippen LogP contribution in [0.3, 0.4) is 0 Å². The van der Waals surface area contributed by atoms with Crippen molar-refractivity contribution in [1.82, 2.24) is 9.88 Å². The van der Waals surface area contributed by atoms with Gasteiger partial charge in [0.2, 0.25) is 0 Å². The Morgan fingerprint density at radius 2 is 2.30 bits per heavy atom. The van der Waals surface area contributed by atoms with Crippen molar-refractivity contribution in [3.63, 3.8) is 0 Å². The van der Waals surface area contributed by atoms with Crippen LogP contribution in [0.5, 0.6) is 0 Å². The smallest absolute Gasteiger partial charge is 0.254 e. The summed E-state index contributed by atoms with van der Waals surface area (Å²) < 4.78 is 5.26. The van der Waals surface area contributed by atoms with E-state index in [-0.39, 0.29) is 5.91 Å². The second kappa shape index (κ2) is 5.27. The summed E-state index contributed by atoms with van der Waals surface area (Å²) in [6, 6.07) is 11.2. The maximum absolute atomic E-state index is 12.6. The van der Waals surface area contributed by atoms with Crippen molar-refractivity contribution in [3.05, 3.63) is 42.1 Å². The van der Waals surface area contributed by atoms with Gasteiger partial charge in [0, 0.05) is 23.7 Å². The van der Waals surface area contributed by atoms with E-state index >= 15 is 0 Å². The van der Waals surface area contributed by atoms with Crippen LogP contribution >= 0.6 is 0 Å². The zero-order chi connectivity index (χ0) is 13.9. The monoisotopic (exact) mass is 267 g/mol. The van der Waals surface area contributed by atoms with Gasteiger partial charge in [-0.15, -0.1) is 0 Å². The quantitative estimate of drug-likeness (QED) is 0.787. The highest BCUT2D eigenvalue weighted by molar-refractivity contribution is 6.06. The zero-order valence-corrected chi connectivity index (χ0v) is 10.8. The molecule has 1 aliphatic heterocycles. The van der Waals surface area contributed by atoms with Crippen LogP contribution in [0, 0.1) is 11.3 Å². The van der Waals surface area contributed by atoms with E-state index in [0.29, 0.717) is 25.3 Å². The van der Waals surface area contributed by atoms with Crippen molar-refractivity contribution >= 4 is 16.8 Å². The maximum atomic E-state index is 12.6. The summed E-state index contributed by atoms with van der Waals surface area (Å²) in [5.74, 6) is -0.0767. The van der Waals surface area contributed by atoms with Crippen molar-refractivity contribution < 1.29 is 9.53 Å². The van der Waals surface area contributed by atoms with Gasteiger partial charge in [-0.05, 0) is 18.2 Å². The third kappa shape index (κ3) is 2.22. The van der Waals surface area contributed by atoms with Gasteiger partial charge in [-0.3, -0.25) is 9.78 Å². The highest BCUT2D eigenvalue weighted by Gasteiger charge is 2.25. The number of benzene rings is 1. The molecule has 1 saturated heterocycles. The van der Waals surface area contributed by atoms with Crippen molar-refractivity contribution in [3.8, 4) is 6.07 Å². The fourth-order valence-electron chi connectivity index (χ4n) is 2.37. The summed E-state index contributed by atoms with van der Waals surface area (Å²) >= 11 is 0. The van der Waals surface area contributed by atoms with Crippen LogP contribution in [-0.4, -0.2) is 41.6 Å². The molecule has 1 atom stereocenters. The fraction of sp³-hybridized carbons (Fsp3) is 0.267. The van der Waals surface area contributed by atoms with Gasteiger partial charge in [0.1, 0.15) is 0 Å². The molecule has 0 bridgehead atoms. The Kier molecular flexibility index (Phi) is 3.32. The molecular weight excluding hydrogens is 254 g/mol. The summed E-state index contributed by atoms with van der Waals surface area (Å²) in [4.78, 5) is 18.5. The summed E-state index contributed by atoms with van der Waals surface area (Å²) in [6.07, 6.45) is 1.16. The van der Waals surface area contributed by atoms with Gasteiger partial charge in [0.25, 0.3) is 5.91 Å². The molecule has 20 heavy (non-hydrogen) atoms. The van der Waals surface area contributed by atoms with Crippen molar-refractivity contribution in [2.24, 2.45) is 0 Å². The van der Waals surface area contributed by atoms with Gasteiger partial charge in [-0.1, -0.05) is 12.1 Å². The van der Waals surface area contributed by atoms with E-state index in [1.165, 1.54) is 0 Å². The Labute approximate surface area is 116 Å². The Morgan fingerprint density at radius 1 is 1.40 bits per heavy atom. The average Bonchev–Trinajstić information content (AvgIpc) is 2.53. The number of pyridine rings is 1. The number of fused-ring (bicyclic) bond motifs is 1. The highest BCUT2D eigenvalue weighted by Crippen LogP contribution is 2.19. The number of ether oxygens (including phenoxy) is 1. The first-order valence-electron chi connectivity index (χ1n) is 6.44. The molecule has 100 valence electrons. The number of carbonyl (C=O) groups is 1. The first-order chi connectivity index (χ1) is 9.79. The molecule has 1 unspecified atom stereocenters. The van der Waals surface area contributed by atoms with Gasteiger partial charge in [0.15, 0.2) is 6.10 Å². The molecule has 0 N–H and O–H groups in total. The maximum Gasteiger partial charge on any atom is 0.254 e. The van der Waals surface area contributed by atoms with E-state index in [4.69, 9.17) is 10.00 Å². The van der Waals surface area contributed by atoms with Crippen molar-refractivity contribution in [1.29, 1.82) is 5.26 Å². The third-order valence-corrected chi connectivity index (χ3v) is 3.37. The zero-order valence-electron chi connectivity index (χ0n) is 10.8. The van der Waals surface area contributed by atoms with Gasteiger partial charge >= 0.3 is 0 Å². The SMILES string of the molecule is N#CC1CN(C(=O)c2cccc3ncccc23)CCO1. The number of morpholine rings is 1. The molecule has 1 aliphatic rings. The van der Waals surface area contributed by atoms with E-state index in [0.717, 1.165) is 10.9 Å². The Morgan fingerprint density at radius 3 is 3.15 bits per heavy atom. The van der Waals surface area contributed by atoms with Crippen LogP contribution in [0.2, 0.25) is 0 Å². The third-order valence-electron chi connectivity index (χ3n) is 3.37. The van der Waals surface area contributed by atoms with Crippen LogP contribution in [0.1, 0.15) is 10.4 Å². The van der Waals surface area contributed by atoms with E-state index in [9.17, 15) is 4.79 Å². The van der Waals surface area contributed by atoms with Gasteiger partial charge in [0.05, 0.1) is 24.7 Å². The summed E-state index contributed by atoms with van der Waals surface area (Å²) in [5.41, 5.74) is 1.41. The Hall–Kier alpha value is -2.45. The molecule has 2 aromatic rings. The lowest BCUT2D eigenvalue weighted by molar-refractivity contribution is 0.00356. The van der Waals surface area contributed by atoms with E-state index < -0.39 is 6.10 Å². The summed E-state index contributed by atoms with van der Waals surface area (Å²) in [6.45, 7) is 1.21. The lowest BCUT2D eigenvalue weighted by Crippen LogP contribution is -2.45. The van der Waals surface area contributed by atoms with Crippen LogP contribution in [0.15, 0.2) is 36.5 Å². The molecule has 0 aliphatic carbocycles. The second-order valence-corrected chi connectivity index (χ2v) is 4.62. The van der Waals surface area contributed by atoms with Crippen LogP contribution in [0.25, 0.3) is 10.9 Å². The molecule has 1 amide bonds. The topological polar surface area (TPSA) is 66.2 Å². The van der Waals surface area contributed by atoms with Crippen molar-refractivity contribution in [2.45, 2.75) is 6.10 Å². The molecule has 5 nitrogen and oxygen atoms in total. The standard InChI is InChI=1S/C15H13N3O2/c16-9-11-10-18(7-8-20-11)15(19)13-3-1-5-14-12(13)4-2-6-17-14/h1-6,11H,7-8,10H2. The van der Waals surface area contributed by atoms with Crippen LogP contribution in [-0.2, 0) is 4.74 Å². The second-order valence-electron chi connectivity index (χ2n) is 4.62. The Balaban J connectivity index is 1.95. The number of hydrogen-bond acceptors (Lipinski definition) is 4. The highest BCUT2D eigenvalue weighted by atomic mass is 16.5. The number of aromatic nitrogens is 1. The number of nitrogens with zero attached hydrogens (tertiary/aromatic N) is 3. The number of hydrogen-bond donors (Lipinski definition) is 0. The molecule has 2 heterocycles. The molecule has 1 aromatic heterocycles. The lowest BCUT2D eigenvalue weighted by atomic mass is 10.1. The van der Waals surface area contributed by atoms with Crippen LogP contribution < -0.4 is 0 Å². The number of amides is 1. The predicted molar refractivity (Wildman–Crippen MR) is 73.0 cm³/mol. The van der Waals surface area contributed by atoms with E-state index in [2.05, 4.69) is 4.98 Å². The molecule has 0 spiro atoms. The van der Waals surface area contributed by atoms with E-state index in [1.54, 1.807) is 17.2 Å².